The molecule has 20 heavy (non-hydrogen) atoms. The lowest BCUT2D eigenvalue weighted by molar-refractivity contribution is 0.0526. The van der Waals surface area contributed by atoms with E-state index in [9.17, 15) is 4.79 Å². The zero-order chi connectivity index (χ0) is 14.4. The number of piperidine rings is 1. The van der Waals surface area contributed by atoms with Gasteiger partial charge in [-0.1, -0.05) is 0 Å². The van der Waals surface area contributed by atoms with Crippen LogP contribution < -0.4 is 4.90 Å². The molecule has 1 unspecified atom stereocenters. The van der Waals surface area contributed by atoms with E-state index in [0.29, 0.717) is 18.1 Å². The summed E-state index contributed by atoms with van der Waals surface area (Å²) in [6.45, 7) is 4.30. The summed E-state index contributed by atoms with van der Waals surface area (Å²) < 4.78 is 4.94. The highest BCUT2D eigenvalue weighted by molar-refractivity contribution is 5.89. The van der Waals surface area contributed by atoms with Crippen molar-refractivity contribution in [3.63, 3.8) is 0 Å². The number of pyridine rings is 1. The first kappa shape index (κ1) is 14.8. The number of nitrogens with zero attached hydrogens (tertiary/aromatic N) is 2. The second kappa shape index (κ2) is 7.24. The SMILES string of the molecule is CCOC(=O)c1ccc(N2CCCC(CCO)C2)nc1. The number of aliphatic hydroxyl groups excluding tert-OH is 1. The molecular weight excluding hydrogens is 256 g/mol. The van der Waals surface area contributed by atoms with Crippen molar-refractivity contribution in [2.75, 3.05) is 31.2 Å². The summed E-state index contributed by atoms with van der Waals surface area (Å²) in [5.74, 6) is 1.09. The number of anilines is 1. The minimum Gasteiger partial charge on any atom is -0.462 e. The lowest BCUT2D eigenvalue weighted by atomic mass is 9.95. The van der Waals surface area contributed by atoms with Crippen LogP contribution in [0.3, 0.4) is 0 Å². The summed E-state index contributed by atoms with van der Waals surface area (Å²) in [5, 5.41) is 9.04. The zero-order valence-corrected chi connectivity index (χ0v) is 11.9. The predicted octanol–water partition coefficient (Wildman–Crippen LogP) is 1.86. The van der Waals surface area contributed by atoms with Gasteiger partial charge in [0.1, 0.15) is 5.82 Å². The van der Waals surface area contributed by atoms with E-state index in [1.165, 1.54) is 0 Å². The number of carbonyl (C=O) groups is 1. The molecule has 110 valence electrons. The van der Waals surface area contributed by atoms with Crippen molar-refractivity contribution in [1.82, 2.24) is 4.98 Å². The monoisotopic (exact) mass is 278 g/mol. The molecular formula is C15H22N2O3. The van der Waals surface area contributed by atoms with Gasteiger partial charge in [-0.05, 0) is 44.2 Å². The summed E-state index contributed by atoms with van der Waals surface area (Å²) in [7, 11) is 0. The zero-order valence-electron chi connectivity index (χ0n) is 11.9. The molecule has 0 aromatic carbocycles. The Hall–Kier alpha value is -1.62. The maximum atomic E-state index is 11.6. The van der Waals surface area contributed by atoms with Crippen molar-refractivity contribution in [1.29, 1.82) is 0 Å². The molecule has 5 nitrogen and oxygen atoms in total. The van der Waals surface area contributed by atoms with E-state index in [1.54, 1.807) is 19.2 Å². The number of carbonyl (C=O) groups excluding carboxylic acids is 1. The summed E-state index contributed by atoms with van der Waals surface area (Å²) >= 11 is 0. The Balaban J connectivity index is 2.00. The second-order valence-electron chi connectivity index (χ2n) is 5.09. The van der Waals surface area contributed by atoms with Crippen molar-refractivity contribution in [3.8, 4) is 0 Å². The predicted molar refractivity (Wildman–Crippen MR) is 76.8 cm³/mol. The van der Waals surface area contributed by atoms with Gasteiger partial charge >= 0.3 is 5.97 Å². The van der Waals surface area contributed by atoms with Crippen LogP contribution >= 0.6 is 0 Å². The Morgan fingerprint density at radius 3 is 3.05 bits per heavy atom. The van der Waals surface area contributed by atoms with Gasteiger partial charge in [0.15, 0.2) is 0 Å². The van der Waals surface area contributed by atoms with Crippen LogP contribution in [0.1, 0.15) is 36.5 Å². The van der Waals surface area contributed by atoms with E-state index in [4.69, 9.17) is 9.84 Å². The molecule has 1 saturated heterocycles. The minimum absolute atomic E-state index is 0.244. The molecule has 1 aliphatic rings. The van der Waals surface area contributed by atoms with Crippen LogP contribution in [0.2, 0.25) is 0 Å². The molecule has 5 heteroatoms. The van der Waals surface area contributed by atoms with Crippen LogP contribution in [0.15, 0.2) is 18.3 Å². The number of hydrogen-bond donors (Lipinski definition) is 1. The molecule has 0 radical (unpaired) electrons. The first-order valence-corrected chi connectivity index (χ1v) is 7.23. The molecule has 1 atom stereocenters. The van der Waals surface area contributed by atoms with Crippen molar-refractivity contribution < 1.29 is 14.6 Å². The van der Waals surface area contributed by atoms with E-state index in [1.807, 2.05) is 6.07 Å². The fourth-order valence-corrected chi connectivity index (χ4v) is 2.60. The van der Waals surface area contributed by atoms with Gasteiger partial charge in [0.2, 0.25) is 0 Å². The highest BCUT2D eigenvalue weighted by Gasteiger charge is 2.20. The van der Waals surface area contributed by atoms with Gasteiger partial charge in [-0.25, -0.2) is 9.78 Å². The summed E-state index contributed by atoms with van der Waals surface area (Å²) in [5.41, 5.74) is 0.486. The standard InChI is InChI=1S/C15H22N2O3/c1-2-20-15(19)13-5-6-14(16-10-13)17-8-3-4-12(11-17)7-9-18/h5-6,10,12,18H,2-4,7-9,11H2,1H3. The van der Waals surface area contributed by atoms with E-state index < -0.39 is 0 Å². The van der Waals surface area contributed by atoms with Gasteiger partial charge < -0.3 is 14.7 Å². The molecule has 2 heterocycles. The Labute approximate surface area is 119 Å². The Morgan fingerprint density at radius 1 is 1.55 bits per heavy atom. The van der Waals surface area contributed by atoms with Crippen LogP contribution in [-0.2, 0) is 4.74 Å². The van der Waals surface area contributed by atoms with Gasteiger partial charge in [0, 0.05) is 25.9 Å². The number of aromatic nitrogens is 1. The second-order valence-corrected chi connectivity index (χ2v) is 5.09. The number of aliphatic hydroxyl groups is 1. The topological polar surface area (TPSA) is 62.7 Å². The molecule has 1 N–H and O–H groups in total. The van der Waals surface area contributed by atoms with E-state index in [-0.39, 0.29) is 12.6 Å². The van der Waals surface area contributed by atoms with Crippen molar-refractivity contribution in [2.24, 2.45) is 5.92 Å². The van der Waals surface area contributed by atoms with Crippen LogP contribution in [0.5, 0.6) is 0 Å². The summed E-state index contributed by atoms with van der Waals surface area (Å²) in [4.78, 5) is 18.1. The average Bonchev–Trinajstić information content (AvgIpc) is 2.48. The van der Waals surface area contributed by atoms with E-state index >= 15 is 0 Å². The maximum absolute atomic E-state index is 11.6. The lowest BCUT2D eigenvalue weighted by Crippen LogP contribution is -2.36. The molecule has 1 fully saturated rings. The Bertz CT molecular complexity index is 431. The first-order chi connectivity index (χ1) is 9.74. The van der Waals surface area contributed by atoms with Gasteiger partial charge in [-0.15, -0.1) is 0 Å². The number of hydrogen-bond acceptors (Lipinski definition) is 5. The van der Waals surface area contributed by atoms with E-state index in [0.717, 1.165) is 38.2 Å². The fourth-order valence-electron chi connectivity index (χ4n) is 2.60. The molecule has 1 aliphatic heterocycles. The molecule has 1 aromatic rings. The molecule has 0 saturated carbocycles. The van der Waals surface area contributed by atoms with Crippen molar-refractivity contribution >= 4 is 11.8 Å². The first-order valence-electron chi connectivity index (χ1n) is 7.23. The third-order valence-electron chi connectivity index (χ3n) is 3.64. The van der Waals surface area contributed by atoms with Crippen LogP contribution in [-0.4, -0.2) is 42.4 Å². The van der Waals surface area contributed by atoms with Gasteiger partial charge in [-0.2, -0.15) is 0 Å². The van der Waals surface area contributed by atoms with E-state index in [2.05, 4.69) is 9.88 Å². The van der Waals surface area contributed by atoms with Crippen molar-refractivity contribution in [3.05, 3.63) is 23.9 Å². The summed E-state index contributed by atoms with van der Waals surface area (Å²) in [6, 6.07) is 3.63. The quantitative estimate of drug-likeness (QED) is 0.833. The highest BCUT2D eigenvalue weighted by Crippen LogP contribution is 2.23. The molecule has 0 amide bonds. The molecule has 2 rings (SSSR count). The molecule has 0 aliphatic carbocycles. The third-order valence-corrected chi connectivity index (χ3v) is 3.64. The average molecular weight is 278 g/mol. The molecule has 0 bridgehead atoms. The Kier molecular flexibility index (Phi) is 5.35. The Morgan fingerprint density at radius 2 is 2.40 bits per heavy atom. The fraction of sp³-hybridized carbons (Fsp3) is 0.600. The van der Waals surface area contributed by atoms with Crippen molar-refractivity contribution in [2.45, 2.75) is 26.2 Å². The lowest BCUT2D eigenvalue weighted by Gasteiger charge is -2.33. The highest BCUT2D eigenvalue weighted by atomic mass is 16.5. The number of rotatable bonds is 5. The minimum atomic E-state index is -0.330. The third kappa shape index (κ3) is 3.70. The van der Waals surface area contributed by atoms with Crippen LogP contribution in [0.25, 0.3) is 0 Å². The molecule has 1 aromatic heterocycles. The summed E-state index contributed by atoms with van der Waals surface area (Å²) in [6.07, 6.45) is 4.70. The van der Waals surface area contributed by atoms with Gasteiger partial charge in [-0.3, -0.25) is 0 Å². The van der Waals surface area contributed by atoms with Crippen LogP contribution in [0.4, 0.5) is 5.82 Å². The molecule has 0 spiro atoms. The maximum Gasteiger partial charge on any atom is 0.339 e. The van der Waals surface area contributed by atoms with Gasteiger partial charge in [0.25, 0.3) is 0 Å². The van der Waals surface area contributed by atoms with Crippen LogP contribution in [0, 0.1) is 5.92 Å². The smallest absolute Gasteiger partial charge is 0.339 e. The van der Waals surface area contributed by atoms with Gasteiger partial charge in [0.05, 0.1) is 12.2 Å². The number of ether oxygens (including phenoxy) is 1. The number of esters is 1. The normalized spacial score (nSPS) is 18.9. The largest absolute Gasteiger partial charge is 0.462 e.